The first-order valence-electron chi connectivity index (χ1n) is 12.4. The fourth-order valence-electron chi connectivity index (χ4n) is 5.36. The third-order valence-electron chi connectivity index (χ3n) is 7.26. The number of nitrogens with one attached hydrogen (secondary N) is 1. The van der Waals surface area contributed by atoms with Crippen molar-refractivity contribution in [3.63, 3.8) is 0 Å². The molecule has 1 unspecified atom stereocenters. The highest BCUT2D eigenvalue weighted by Crippen LogP contribution is 2.36. The minimum absolute atomic E-state index is 0.0192. The number of primary amides is 1. The number of H-pyrrole nitrogens is 1. The van der Waals surface area contributed by atoms with Crippen LogP contribution in [0.2, 0.25) is 0 Å². The molecule has 11 heteroatoms. The second-order valence-electron chi connectivity index (χ2n) is 9.90. The first-order chi connectivity index (χ1) is 17.6. The average molecular weight is 526 g/mol. The number of Topliss-reactive ketones (excluding diaryl/α,β-unsaturated/α-hetero) is 1. The van der Waals surface area contributed by atoms with Crippen LogP contribution in [0.5, 0.6) is 0 Å². The largest absolute Gasteiger partial charge is 0.449 e. The van der Waals surface area contributed by atoms with E-state index in [4.69, 9.17) is 10.2 Å². The number of anilines is 1. The number of nitrogens with two attached hydrogens (primary N) is 1. The number of fused-ring (bicyclic) bond motifs is 1. The Morgan fingerprint density at radius 1 is 1.27 bits per heavy atom. The molecular weight excluding hydrogens is 494 g/mol. The number of oxazole rings is 1. The van der Waals surface area contributed by atoms with Gasteiger partial charge in [0.15, 0.2) is 11.7 Å². The summed E-state index contributed by atoms with van der Waals surface area (Å²) in [6.07, 6.45) is 7.39. The number of benzene rings is 1. The van der Waals surface area contributed by atoms with Crippen LogP contribution in [0.4, 0.5) is 5.69 Å². The van der Waals surface area contributed by atoms with E-state index >= 15 is 0 Å². The topological polar surface area (TPSA) is 143 Å². The Labute approximate surface area is 215 Å². The molecule has 2 aliphatic heterocycles. The van der Waals surface area contributed by atoms with E-state index < -0.39 is 15.9 Å². The Balaban J connectivity index is 1.43. The van der Waals surface area contributed by atoms with E-state index in [0.29, 0.717) is 55.1 Å². The van der Waals surface area contributed by atoms with Gasteiger partial charge < -0.3 is 20.0 Å². The zero-order valence-electron chi connectivity index (χ0n) is 21.0. The highest BCUT2D eigenvalue weighted by Gasteiger charge is 2.27. The molecule has 196 valence electrons. The van der Waals surface area contributed by atoms with Gasteiger partial charge in [0.1, 0.15) is 12.0 Å². The van der Waals surface area contributed by atoms with E-state index in [1.54, 1.807) is 13.0 Å². The van der Waals surface area contributed by atoms with E-state index in [9.17, 15) is 18.0 Å². The third kappa shape index (κ3) is 5.19. The zero-order chi connectivity index (χ0) is 26.3. The van der Waals surface area contributed by atoms with Gasteiger partial charge in [0.05, 0.1) is 17.3 Å². The molecule has 0 saturated carbocycles. The van der Waals surface area contributed by atoms with Gasteiger partial charge in [-0.05, 0) is 49.0 Å². The van der Waals surface area contributed by atoms with Gasteiger partial charge in [0.25, 0.3) is 5.91 Å². The molecule has 1 aromatic carbocycles. The molecular formula is C26H31N5O5S. The third-order valence-corrected chi connectivity index (χ3v) is 8.53. The standard InChI is InChI=1S/C26H31N5O5S/c1-16-28-22(15-36-16)24(32)12-17-4-3-9-30(14-17)23-6-5-19(26(27)33)25-20(23)13-21(29-25)18-7-10-31(11-8-18)37(2,34)35/h5-7,13,15,17,29H,3-4,8-12,14H2,1-2H3,(H2,27,33). The van der Waals surface area contributed by atoms with Crippen molar-refractivity contribution in [3.05, 3.63) is 53.4 Å². The number of aromatic nitrogens is 2. The molecule has 0 radical (unpaired) electrons. The Kier molecular flexibility index (Phi) is 6.67. The lowest BCUT2D eigenvalue weighted by Gasteiger charge is -2.34. The predicted octanol–water partition coefficient (Wildman–Crippen LogP) is 3.10. The number of carbonyl (C=O) groups excluding carboxylic acids is 2. The molecule has 0 spiro atoms. The van der Waals surface area contributed by atoms with Crippen LogP contribution in [-0.2, 0) is 10.0 Å². The van der Waals surface area contributed by atoms with Crippen LogP contribution >= 0.6 is 0 Å². The fraction of sp³-hybridized carbons (Fsp3) is 0.423. The lowest BCUT2D eigenvalue weighted by molar-refractivity contribution is 0.0950. The minimum atomic E-state index is -3.25. The normalized spacial score (nSPS) is 19.2. The van der Waals surface area contributed by atoms with Crippen LogP contribution in [0, 0.1) is 12.8 Å². The Morgan fingerprint density at radius 3 is 2.73 bits per heavy atom. The maximum Gasteiger partial charge on any atom is 0.250 e. The van der Waals surface area contributed by atoms with E-state index in [2.05, 4.69) is 14.9 Å². The van der Waals surface area contributed by atoms with Crippen molar-refractivity contribution < 1.29 is 22.4 Å². The molecule has 1 atom stereocenters. The molecule has 1 amide bonds. The predicted molar refractivity (Wildman–Crippen MR) is 141 cm³/mol. The molecule has 3 N–H and O–H groups in total. The first-order valence-corrected chi connectivity index (χ1v) is 14.3. The van der Waals surface area contributed by atoms with Crippen molar-refractivity contribution >= 4 is 43.9 Å². The van der Waals surface area contributed by atoms with Crippen LogP contribution in [0.25, 0.3) is 16.5 Å². The molecule has 0 aliphatic carbocycles. The van der Waals surface area contributed by atoms with Crippen molar-refractivity contribution in [2.24, 2.45) is 11.7 Å². The molecule has 2 aromatic heterocycles. The number of piperidine rings is 1. The van der Waals surface area contributed by atoms with Gasteiger partial charge in [-0.15, -0.1) is 0 Å². The van der Waals surface area contributed by atoms with Gasteiger partial charge in [-0.1, -0.05) is 6.08 Å². The molecule has 1 saturated heterocycles. The maximum absolute atomic E-state index is 12.7. The molecule has 5 rings (SSSR count). The van der Waals surface area contributed by atoms with Gasteiger partial charge in [-0.25, -0.2) is 13.4 Å². The van der Waals surface area contributed by atoms with Crippen LogP contribution in [0.1, 0.15) is 58.1 Å². The molecule has 37 heavy (non-hydrogen) atoms. The van der Waals surface area contributed by atoms with E-state index in [1.165, 1.54) is 16.8 Å². The molecule has 2 aliphatic rings. The van der Waals surface area contributed by atoms with Crippen molar-refractivity contribution in [1.29, 1.82) is 0 Å². The number of rotatable bonds is 7. The molecule has 0 bridgehead atoms. The van der Waals surface area contributed by atoms with Crippen molar-refractivity contribution in [1.82, 2.24) is 14.3 Å². The molecule has 4 heterocycles. The summed E-state index contributed by atoms with van der Waals surface area (Å²) < 4.78 is 30.4. The summed E-state index contributed by atoms with van der Waals surface area (Å²) in [5, 5.41) is 0.886. The number of sulfonamides is 1. The number of aryl methyl sites for hydroxylation is 1. The van der Waals surface area contributed by atoms with Gasteiger partial charge in [-0.3, -0.25) is 9.59 Å². The number of hydrogen-bond acceptors (Lipinski definition) is 7. The lowest BCUT2D eigenvalue weighted by atomic mass is 9.91. The number of amides is 1. The quantitative estimate of drug-likeness (QED) is 0.451. The van der Waals surface area contributed by atoms with Crippen LogP contribution in [0.15, 0.2) is 35.0 Å². The summed E-state index contributed by atoms with van der Waals surface area (Å²) in [4.78, 5) is 34.7. The number of hydrogen-bond donors (Lipinski definition) is 2. The number of ketones is 1. The van der Waals surface area contributed by atoms with Crippen molar-refractivity contribution in [2.45, 2.75) is 32.6 Å². The van der Waals surface area contributed by atoms with Gasteiger partial charge in [-0.2, -0.15) is 4.31 Å². The highest BCUT2D eigenvalue weighted by molar-refractivity contribution is 7.88. The molecule has 3 aromatic rings. The Hall–Kier alpha value is -3.44. The van der Waals surface area contributed by atoms with Gasteiger partial charge in [0, 0.05) is 56.3 Å². The Morgan fingerprint density at radius 2 is 2.08 bits per heavy atom. The second-order valence-corrected chi connectivity index (χ2v) is 11.9. The van der Waals surface area contributed by atoms with Crippen LogP contribution < -0.4 is 10.6 Å². The Bertz CT molecular complexity index is 1500. The zero-order valence-corrected chi connectivity index (χ0v) is 21.8. The molecule has 1 fully saturated rings. The second kappa shape index (κ2) is 9.79. The smallest absolute Gasteiger partial charge is 0.250 e. The lowest BCUT2D eigenvalue weighted by Crippen LogP contribution is -2.36. The summed E-state index contributed by atoms with van der Waals surface area (Å²) in [5.41, 5.74) is 9.96. The summed E-state index contributed by atoms with van der Waals surface area (Å²) in [6.45, 7) is 3.98. The first kappa shape index (κ1) is 25.2. The monoisotopic (exact) mass is 525 g/mol. The highest BCUT2D eigenvalue weighted by atomic mass is 32.2. The summed E-state index contributed by atoms with van der Waals surface area (Å²) in [5.74, 6) is 0.113. The van der Waals surface area contributed by atoms with Crippen LogP contribution in [-0.4, -0.2) is 66.8 Å². The van der Waals surface area contributed by atoms with E-state index in [0.717, 1.165) is 41.7 Å². The summed E-state index contributed by atoms with van der Waals surface area (Å²) in [6, 6.07) is 5.69. The van der Waals surface area contributed by atoms with Crippen molar-refractivity contribution in [3.8, 4) is 0 Å². The van der Waals surface area contributed by atoms with Crippen molar-refractivity contribution in [2.75, 3.05) is 37.3 Å². The number of aromatic amines is 1. The van der Waals surface area contributed by atoms with Crippen LogP contribution in [0.3, 0.4) is 0 Å². The average Bonchev–Trinajstić information content (AvgIpc) is 3.50. The van der Waals surface area contributed by atoms with Gasteiger partial charge >= 0.3 is 0 Å². The fourth-order valence-corrected chi connectivity index (χ4v) is 6.13. The molecule has 10 nitrogen and oxygen atoms in total. The van der Waals surface area contributed by atoms with E-state index in [-0.39, 0.29) is 11.7 Å². The number of nitrogens with zero attached hydrogens (tertiary/aromatic N) is 3. The maximum atomic E-state index is 12.7. The summed E-state index contributed by atoms with van der Waals surface area (Å²) >= 11 is 0. The van der Waals surface area contributed by atoms with E-state index in [1.807, 2.05) is 18.2 Å². The summed E-state index contributed by atoms with van der Waals surface area (Å²) in [7, 11) is -3.25. The number of carbonyl (C=O) groups is 2. The minimum Gasteiger partial charge on any atom is -0.449 e. The SMILES string of the molecule is Cc1nc(C(=O)CC2CCCN(c3ccc(C(N)=O)c4[nH]c(C5=CCN(S(C)(=O)=O)CC5)cc34)C2)co1. The van der Waals surface area contributed by atoms with Gasteiger partial charge in [0.2, 0.25) is 10.0 Å².